The van der Waals surface area contributed by atoms with Crippen molar-refractivity contribution >= 4 is 33.4 Å². The number of benzene rings is 2. The molecular formula is C19H19N3O5S. The van der Waals surface area contributed by atoms with Crippen molar-refractivity contribution in [3.05, 3.63) is 60.2 Å². The molecular weight excluding hydrogens is 382 g/mol. The van der Waals surface area contributed by atoms with Crippen LogP contribution in [-0.4, -0.2) is 58.3 Å². The summed E-state index contributed by atoms with van der Waals surface area (Å²) in [6.45, 7) is -0.662. The Morgan fingerprint density at radius 1 is 1.00 bits per heavy atom. The summed E-state index contributed by atoms with van der Waals surface area (Å²) in [7, 11) is -0.642. The van der Waals surface area contributed by atoms with Crippen molar-refractivity contribution in [3.8, 4) is 0 Å². The van der Waals surface area contributed by atoms with Crippen LogP contribution in [0.3, 0.4) is 0 Å². The van der Waals surface area contributed by atoms with E-state index in [9.17, 15) is 18.0 Å². The van der Waals surface area contributed by atoms with Crippen LogP contribution in [0.25, 0.3) is 0 Å². The van der Waals surface area contributed by atoms with Crippen molar-refractivity contribution in [3.63, 3.8) is 0 Å². The molecule has 1 aliphatic rings. The van der Waals surface area contributed by atoms with Gasteiger partial charge in [-0.25, -0.2) is 0 Å². The summed E-state index contributed by atoms with van der Waals surface area (Å²) >= 11 is 0. The maximum absolute atomic E-state index is 12.2. The summed E-state index contributed by atoms with van der Waals surface area (Å²) < 4.78 is 33.0. The van der Waals surface area contributed by atoms with Crippen LogP contribution < -0.4 is 4.90 Å². The van der Waals surface area contributed by atoms with Crippen LogP contribution in [-0.2, 0) is 24.3 Å². The predicted octanol–water partition coefficient (Wildman–Crippen LogP) is 1.27. The SMILES string of the molecule is CN(CC(=O)OCC(=O)N(C)c1ccccc1)C1=NS(=O)(=O)c2ccccc21. The van der Waals surface area contributed by atoms with Gasteiger partial charge in [-0.05, 0) is 24.3 Å². The number of amidine groups is 1. The number of hydrogen-bond donors (Lipinski definition) is 0. The minimum absolute atomic E-state index is 0.102. The van der Waals surface area contributed by atoms with Crippen molar-refractivity contribution in [1.82, 2.24) is 4.90 Å². The number of nitrogens with zero attached hydrogens (tertiary/aromatic N) is 3. The first kappa shape index (κ1) is 19.6. The lowest BCUT2D eigenvalue weighted by atomic mass is 10.2. The van der Waals surface area contributed by atoms with Crippen molar-refractivity contribution in [1.29, 1.82) is 0 Å². The third-order valence-electron chi connectivity index (χ3n) is 4.21. The molecule has 1 aliphatic heterocycles. The molecule has 0 aromatic heterocycles. The largest absolute Gasteiger partial charge is 0.454 e. The van der Waals surface area contributed by atoms with Gasteiger partial charge in [0.2, 0.25) is 0 Å². The minimum atomic E-state index is -3.77. The van der Waals surface area contributed by atoms with E-state index >= 15 is 0 Å². The summed E-state index contributed by atoms with van der Waals surface area (Å²) in [5, 5.41) is 0. The van der Waals surface area contributed by atoms with Gasteiger partial charge in [0.25, 0.3) is 15.9 Å². The molecule has 0 unspecified atom stereocenters. The lowest BCUT2D eigenvalue weighted by Gasteiger charge is -2.19. The number of carbonyl (C=O) groups is 2. The first-order chi connectivity index (χ1) is 13.3. The van der Waals surface area contributed by atoms with Gasteiger partial charge in [0, 0.05) is 25.3 Å². The second kappa shape index (κ2) is 7.81. The number of carbonyl (C=O) groups excluding carboxylic acids is 2. The highest BCUT2D eigenvalue weighted by Gasteiger charge is 2.31. The van der Waals surface area contributed by atoms with Gasteiger partial charge in [-0.1, -0.05) is 30.3 Å². The Balaban J connectivity index is 1.59. The summed E-state index contributed by atoms with van der Waals surface area (Å²) in [6, 6.07) is 15.4. The molecule has 8 nitrogen and oxygen atoms in total. The molecule has 2 aromatic carbocycles. The van der Waals surface area contributed by atoms with Crippen molar-refractivity contribution < 1.29 is 22.7 Å². The highest BCUT2D eigenvalue weighted by molar-refractivity contribution is 7.90. The summed E-state index contributed by atoms with van der Waals surface area (Å²) in [5.74, 6) is -0.879. The molecule has 1 heterocycles. The fraction of sp³-hybridized carbons (Fsp3) is 0.211. The average molecular weight is 401 g/mol. The lowest BCUT2D eigenvalue weighted by molar-refractivity contribution is -0.147. The molecule has 2 aromatic rings. The van der Waals surface area contributed by atoms with Gasteiger partial charge in [0.15, 0.2) is 12.4 Å². The molecule has 0 fully saturated rings. The Labute approximate surface area is 163 Å². The lowest BCUT2D eigenvalue weighted by Crippen LogP contribution is -2.36. The number of ether oxygens (including phenoxy) is 1. The van der Waals surface area contributed by atoms with E-state index in [4.69, 9.17) is 4.74 Å². The molecule has 0 aliphatic carbocycles. The number of anilines is 1. The standard InChI is InChI=1S/C19H19N3O5S/c1-21(19-15-10-6-7-11-16(15)28(25,26)20-19)12-18(24)27-13-17(23)22(2)14-8-4-3-5-9-14/h3-11H,12-13H2,1-2H3. The van der Waals surface area contributed by atoms with Crippen LogP contribution in [0, 0.1) is 0 Å². The highest BCUT2D eigenvalue weighted by Crippen LogP contribution is 2.26. The van der Waals surface area contributed by atoms with Crippen molar-refractivity contribution in [2.75, 3.05) is 32.1 Å². The van der Waals surface area contributed by atoms with Gasteiger partial charge < -0.3 is 14.5 Å². The fourth-order valence-electron chi connectivity index (χ4n) is 2.71. The van der Waals surface area contributed by atoms with Crippen LogP contribution in [0.5, 0.6) is 0 Å². The number of esters is 1. The molecule has 3 rings (SSSR count). The van der Waals surface area contributed by atoms with Crippen LogP contribution in [0.1, 0.15) is 5.56 Å². The van der Waals surface area contributed by atoms with E-state index in [0.717, 1.165) is 0 Å². The number of fused-ring (bicyclic) bond motifs is 1. The zero-order chi connectivity index (χ0) is 20.3. The molecule has 0 radical (unpaired) electrons. The van der Waals surface area contributed by atoms with Crippen molar-refractivity contribution in [2.24, 2.45) is 4.40 Å². The number of rotatable bonds is 5. The molecule has 146 valence electrons. The molecule has 9 heteroatoms. The van der Waals surface area contributed by atoms with E-state index in [2.05, 4.69) is 4.40 Å². The second-order valence-corrected chi connectivity index (χ2v) is 7.76. The van der Waals surface area contributed by atoms with E-state index in [0.29, 0.717) is 11.3 Å². The van der Waals surface area contributed by atoms with E-state index in [1.807, 2.05) is 6.07 Å². The van der Waals surface area contributed by atoms with Crippen LogP contribution in [0.4, 0.5) is 5.69 Å². The van der Waals surface area contributed by atoms with Crippen LogP contribution in [0.2, 0.25) is 0 Å². The molecule has 0 bridgehead atoms. The van der Waals surface area contributed by atoms with E-state index in [-0.39, 0.29) is 23.2 Å². The highest BCUT2D eigenvalue weighted by atomic mass is 32.2. The Kier molecular flexibility index (Phi) is 5.46. The Morgan fingerprint density at radius 3 is 2.36 bits per heavy atom. The number of sulfonamides is 1. The van der Waals surface area contributed by atoms with Gasteiger partial charge in [-0.2, -0.15) is 8.42 Å². The van der Waals surface area contributed by atoms with Gasteiger partial charge in [-0.3, -0.25) is 9.59 Å². The number of para-hydroxylation sites is 1. The molecule has 0 N–H and O–H groups in total. The normalized spacial score (nSPS) is 14.0. The molecule has 1 amide bonds. The number of amides is 1. The van der Waals surface area contributed by atoms with E-state index in [1.54, 1.807) is 49.5 Å². The fourth-order valence-corrected chi connectivity index (χ4v) is 3.96. The minimum Gasteiger partial charge on any atom is -0.454 e. The van der Waals surface area contributed by atoms with Gasteiger partial charge in [0.1, 0.15) is 11.4 Å². The molecule has 28 heavy (non-hydrogen) atoms. The number of hydrogen-bond acceptors (Lipinski definition) is 6. The van der Waals surface area contributed by atoms with Gasteiger partial charge >= 0.3 is 5.97 Å². The quantitative estimate of drug-likeness (QED) is 0.700. The zero-order valence-electron chi connectivity index (χ0n) is 15.4. The Hall–Kier alpha value is -3.20. The second-order valence-electron chi connectivity index (χ2n) is 6.19. The van der Waals surface area contributed by atoms with E-state index in [1.165, 1.54) is 22.9 Å². The first-order valence-electron chi connectivity index (χ1n) is 8.42. The molecule has 0 atom stereocenters. The Bertz CT molecular complexity index is 1030. The monoisotopic (exact) mass is 401 g/mol. The summed E-state index contributed by atoms with van der Waals surface area (Å²) in [6.07, 6.45) is 0. The topological polar surface area (TPSA) is 96.3 Å². The molecule has 0 saturated heterocycles. The molecule has 0 spiro atoms. The van der Waals surface area contributed by atoms with Crippen LogP contribution in [0.15, 0.2) is 63.9 Å². The first-order valence-corrected chi connectivity index (χ1v) is 9.86. The van der Waals surface area contributed by atoms with Gasteiger partial charge in [0.05, 0.1) is 0 Å². The smallest absolute Gasteiger partial charge is 0.326 e. The zero-order valence-corrected chi connectivity index (χ0v) is 16.2. The van der Waals surface area contributed by atoms with Gasteiger partial charge in [-0.15, -0.1) is 4.40 Å². The molecule has 0 saturated carbocycles. The maximum atomic E-state index is 12.2. The van der Waals surface area contributed by atoms with Crippen LogP contribution >= 0.6 is 0 Å². The third-order valence-corrected chi connectivity index (χ3v) is 5.54. The van der Waals surface area contributed by atoms with E-state index < -0.39 is 22.6 Å². The number of likely N-dealkylation sites (N-methyl/N-ethyl adjacent to an activating group) is 2. The average Bonchev–Trinajstić information content (AvgIpc) is 2.98. The third kappa shape index (κ3) is 4.04. The predicted molar refractivity (Wildman–Crippen MR) is 104 cm³/mol. The van der Waals surface area contributed by atoms with Crippen molar-refractivity contribution in [2.45, 2.75) is 4.90 Å². The maximum Gasteiger partial charge on any atom is 0.326 e. The summed E-state index contributed by atoms with van der Waals surface area (Å²) in [4.78, 5) is 27.2. The Morgan fingerprint density at radius 2 is 1.64 bits per heavy atom. The summed E-state index contributed by atoms with van der Waals surface area (Å²) in [5.41, 5.74) is 1.11.